The molecule has 0 aliphatic carbocycles. The van der Waals surface area contributed by atoms with Gasteiger partial charge in [-0.3, -0.25) is 0 Å². The lowest BCUT2D eigenvalue weighted by Gasteiger charge is -2.10. The number of sulfonamides is 1. The Hall–Kier alpha value is -1.11. The molecule has 0 bridgehead atoms. The van der Waals surface area contributed by atoms with Gasteiger partial charge in [-0.1, -0.05) is 6.07 Å². The molecular formula is C10H12N2O2S2. The SMILES string of the molecule is CN(C)S(=O)(=O)c1ccc2cc(N)sc2c1. The van der Waals surface area contributed by atoms with Gasteiger partial charge in [0.05, 0.1) is 9.90 Å². The lowest BCUT2D eigenvalue weighted by Crippen LogP contribution is -2.22. The second-order valence-corrected chi connectivity index (χ2v) is 6.90. The maximum absolute atomic E-state index is 11.9. The second-order valence-electron chi connectivity index (χ2n) is 3.64. The van der Waals surface area contributed by atoms with Crippen molar-refractivity contribution in [3.8, 4) is 0 Å². The molecule has 0 fully saturated rings. The monoisotopic (exact) mass is 256 g/mol. The smallest absolute Gasteiger partial charge is 0.242 e. The molecule has 0 radical (unpaired) electrons. The summed E-state index contributed by atoms with van der Waals surface area (Å²) in [6, 6.07) is 6.88. The topological polar surface area (TPSA) is 63.4 Å². The van der Waals surface area contributed by atoms with Crippen molar-refractivity contribution in [2.75, 3.05) is 19.8 Å². The maximum Gasteiger partial charge on any atom is 0.242 e. The molecule has 0 amide bonds. The van der Waals surface area contributed by atoms with E-state index >= 15 is 0 Å². The van der Waals surface area contributed by atoms with Crippen molar-refractivity contribution in [3.63, 3.8) is 0 Å². The van der Waals surface area contributed by atoms with Crippen LogP contribution in [0.4, 0.5) is 5.00 Å². The lowest BCUT2D eigenvalue weighted by molar-refractivity contribution is 0.521. The van der Waals surface area contributed by atoms with Gasteiger partial charge in [0, 0.05) is 18.8 Å². The van der Waals surface area contributed by atoms with E-state index in [1.165, 1.54) is 29.7 Å². The van der Waals surface area contributed by atoms with Crippen LogP contribution in [0.5, 0.6) is 0 Å². The maximum atomic E-state index is 11.9. The Labute approximate surface area is 98.3 Å². The highest BCUT2D eigenvalue weighted by atomic mass is 32.2. The largest absolute Gasteiger partial charge is 0.391 e. The normalized spacial score (nSPS) is 12.4. The number of hydrogen-bond acceptors (Lipinski definition) is 4. The number of nitrogens with zero attached hydrogens (tertiary/aromatic N) is 1. The first-order valence-corrected chi connectivity index (χ1v) is 6.88. The van der Waals surface area contributed by atoms with Gasteiger partial charge in [0.1, 0.15) is 0 Å². The molecule has 1 aromatic heterocycles. The minimum Gasteiger partial charge on any atom is -0.391 e. The summed E-state index contributed by atoms with van der Waals surface area (Å²) in [4.78, 5) is 0.298. The Morgan fingerprint density at radius 1 is 1.25 bits per heavy atom. The van der Waals surface area contributed by atoms with Crippen molar-refractivity contribution in [2.24, 2.45) is 0 Å². The predicted octanol–water partition coefficient (Wildman–Crippen LogP) is 1.73. The van der Waals surface area contributed by atoms with Gasteiger partial charge < -0.3 is 5.73 Å². The van der Waals surface area contributed by atoms with Crippen molar-refractivity contribution in [3.05, 3.63) is 24.3 Å². The minimum absolute atomic E-state index is 0.298. The molecule has 0 atom stereocenters. The number of benzene rings is 1. The van der Waals surface area contributed by atoms with Gasteiger partial charge >= 0.3 is 0 Å². The van der Waals surface area contributed by atoms with Crippen molar-refractivity contribution in [1.29, 1.82) is 0 Å². The van der Waals surface area contributed by atoms with Gasteiger partial charge in [0.15, 0.2) is 0 Å². The van der Waals surface area contributed by atoms with Gasteiger partial charge in [-0.2, -0.15) is 0 Å². The summed E-state index contributed by atoms with van der Waals surface area (Å²) in [6.45, 7) is 0. The van der Waals surface area contributed by atoms with Crippen molar-refractivity contribution < 1.29 is 8.42 Å². The van der Waals surface area contributed by atoms with E-state index in [2.05, 4.69) is 0 Å². The number of nitrogen functional groups attached to an aromatic ring is 1. The number of nitrogens with two attached hydrogens (primary N) is 1. The molecule has 1 heterocycles. The van der Waals surface area contributed by atoms with E-state index in [9.17, 15) is 8.42 Å². The van der Waals surface area contributed by atoms with Crippen molar-refractivity contribution >= 4 is 36.4 Å². The summed E-state index contributed by atoms with van der Waals surface area (Å²) in [5, 5.41) is 1.66. The molecule has 0 saturated carbocycles. The fraction of sp³-hybridized carbons (Fsp3) is 0.200. The molecule has 0 saturated heterocycles. The number of fused-ring (bicyclic) bond motifs is 1. The molecule has 1 aromatic carbocycles. The quantitative estimate of drug-likeness (QED) is 0.890. The molecule has 2 N–H and O–H groups in total. The molecule has 2 aromatic rings. The molecule has 6 heteroatoms. The van der Waals surface area contributed by atoms with E-state index in [1.807, 2.05) is 6.07 Å². The van der Waals surface area contributed by atoms with Gasteiger partial charge in [-0.25, -0.2) is 12.7 Å². The third kappa shape index (κ3) is 1.79. The van der Waals surface area contributed by atoms with Crippen molar-refractivity contribution in [2.45, 2.75) is 4.90 Å². The average Bonchev–Trinajstić information content (AvgIpc) is 2.56. The molecular weight excluding hydrogens is 244 g/mol. The minimum atomic E-state index is -3.36. The molecule has 16 heavy (non-hydrogen) atoms. The predicted molar refractivity (Wildman–Crippen MR) is 67.1 cm³/mol. The summed E-state index contributed by atoms with van der Waals surface area (Å²) in [7, 11) is -0.328. The Bertz CT molecular complexity index is 629. The summed E-state index contributed by atoms with van der Waals surface area (Å²) >= 11 is 1.39. The molecule has 86 valence electrons. The molecule has 0 unspecified atom stereocenters. The van der Waals surface area contributed by atoms with E-state index in [0.717, 1.165) is 10.1 Å². The van der Waals surface area contributed by atoms with Crippen LogP contribution in [0.15, 0.2) is 29.2 Å². The fourth-order valence-corrected chi connectivity index (χ4v) is 3.28. The summed E-state index contributed by atoms with van der Waals surface area (Å²) in [6.07, 6.45) is 0. The van der Waals surface area contributed by atoms with E-state index in [1.54, 1.807) is 18.2 Å². The van der Waals surface area contributed by atoms with Crippen LogP contribution in [-0.4, -0.2) is 26.8 Å². The van der Waals surface area contributed by atoms with Crippen LogP contribution >= 0.6 is 11.3 Å². The summed E-state index contributed by atoms with van der Waals surface area (Å²) in [5.74, 6) is 0. The van der Waals surface area contributed by atoms with Gasteiger partial charge in [-0.05, 0) is 23.6 Å². The van der Waals surface area contributed by atoms with E-state index in [0.29, 0.717) is 9.90 Å². The zero-order valence-corrected chi connectivity index (χ0v) is 10.6. The molecule has 0 spiro atoms. The molecule has 0 aliphatic rings. The number of thiophene rings is 1. The zero-order chi connectivity index (χ0) is 11.9. The number of hydrogen-bond donors (Lipinski definition) is 1. The highest BCUT2D eigenvalue weighted by molar-refractivity contribution is 7.89. The first-order chi connectivity index (χ1) is 7.41. The molecule has 2 rings (SSSR count). The third-order valence-corrected chi connectivity index (χ3v) is 5.03. The second kappa shape index (κ2) is 3.73. The average molecular weight is 256 g/mol. The van der Waals surface area contributed by atoms with Crippen LogP contribution < -0.4 is 5.73 Å². The Kier molecular flexibility index (Phi) is 2.65. The van der Waals surface area contributed by atoms with Crippen LogP contribution in [-0.2, 0) is 10.0 Å². The first-order valence-electron chi connectivity index (χ1n) is 4.63. The standard InChI is InChI=1S/C10H12N2O2S2/c1-12(2)16(13,14)8-4-3-7-5-10(11)15-9(7)6-8/h3-6H,11H2,1-2H3. The van der Waals surface area contributed by atoms with Crippen LogP contribution in [0.1, 0.15) is 0 Å². The van der Waals surface area contributed by atoms with E-state index < -0.39 is 10.0 Å². The number of rotatable bonds is 2. The molecule has 4 nitrogen and oxygen atoms in total. The lowest BCUT2D eigenvalue weighted by atomic mass is 10.3. The third-order valence-electron chi connectivity index (χ3n) is 2.29. The summed E-state index contributed by atoms with van der Waals surface area (Å²) < 4.78 is 25.9. The van der Waals surface area contributed by atoms with E-state index in [-0.39, 0.29) is 0 Å². The fourth-order valence-electron chi connectivity index (χ4n) is 1.40. The van der Waals surface area contributed by atoms with Crippen LogP contribution in [0.3, 0.4) is 0 Å². The van der Waals surface area contributed by atoms with Gasteiger partial charge in [0.2, 0.25) is 10.0 Å². The first kappa shape index (κ1) is 11.4. The Balaban J connectivity index is 2.63. The Morgan fingerprint density at radius 2 is 1.94 bits per heavy atom. The van der Waals surface area contributed by atoms with Crippen LogP contribution in [0.25, 0.3) is 10.1 Å². The highest BCUT2D eigenvalue weighted by Crippen LogP contribution is 2.29. The summed E-state index contributed by atoms with van der Waals surface area (Å²) in [5.41, 5.74) is 5.67. The van der Waals surface area contributed by atoms with Gasteiger partial charge in [0.25, 0.3) is 0 Å². The van der Waals surface area contributed by atoms with E-state index in [4.69, 9.17) is 5.73 Å². The molecule has 0 aliphatic heterocycles. The number of anilines is 1. The van der Waals surface area contributed by atoms with Crippen LogP contribution in [0.2, 0.25) is 0 Å². The highest BCUT2D eigenvalue weighted by Gasteiger charge is 2.17. The zero-order valence-electron chi connectivity index (χ0n) is 8.97. The van der Waals surface area contributed by atoms with Crippen LogP contribution in [0, 0.1) is 0 Å². The van der Waals surface area contributed by atoms with Gasteiger partial charge in [-0.15, -0.1) is 11.3 Å². The van der Waals surface area contributed by atoms with Crippen molar-refractivity contribution in [1.82, 2.24) is 4.31 Å². The Morgan fingerprint density at radius 3 is 2.56 bits per heavy atom.